The summed E-state index contributed by atoms with van der Waals surface area (Å²) in [5.74, 6) is -1.03. The number of aliphatic hydroxyl groups excluding tert-OH is 1. The number of carbonyl (C=O) groups excluding carboxylic acids is 2. The van der Waals surface area contributed by atoms with E-state index in [1.807, 2.05) is 6.92 Å². The first kappa shape index (κ1) is 18.6. The van der Waals surface area contributed by atoms with Gasteiger partial charge >= 0.3 is 0 Å². The quantitative estimate of drug-likeness (QED) is 0.845. The second-order valence-electron chi connectivity index (χ2n) is 6.57. The van der Waals surface area contributed by atoms with Crippen LogP contribution < -0.4 is 9.64 Å². The van der Waals surface area contributed by atoms with Crippen LogP contribution in [0, 0.1) is 5.92 Å². The number of aromatic nitrogens is 1. The maximum atomic E-state index is 12.9. The lowest BCUT2D eigenvalue weighted by Crippen LogP contribution is -2.31. The number of carbonyl (C=O) groups is 2. The lowest BCUT2D eigenvalue weighted by molar-refractivity contribution is -0.119. The molecule has 2 heterocycles. The van der Waals surface area contributed by atoms with Crippen molar-refractivity contribution in [3.8, 4) is 5.75 Å². The first-order valence-electron chi connectivity index (χ1n) is 8.89. The minimum absolute atomic E-state index is 0.108. The molecule has 140 valence electrons. The SMILES string of the molecule is CCOc1ccc(N2C(=O)C(O)=C(C(=O)C(C)C)C2c2cccnc2)cc1. The summed E-state index contributed by atoms with van der Waals surface area (Å²) in [5.41, 5.74) is 1.33. The summed E-state index contributed by atoms with van der Waals surface area (Å²) in [6.07, 6.45) is 3.22. The fourth-order valence-corrected chi connectivity index (χ4v) is 3.16. The zero-order valence-electron chi connectivity index (χ0n) is 15.5. The number of aliphatic hydroxyl groups is 1. The normalized spacial score (nSPS) is 17.0. The van der Waals surface area contributed by atoms with Crippen LogP contribution >= 0.6 is 0 Å². The van der Waals surface area contributed by atoms with Crippen molar-refractivity contribution in [2.75, 3.05) is 11.5 Å². The molecule has 0 spiro atoms. The van der Waals surface area contributed by atoms with Gasteiger partial charge in [-0.1, -0.05) is 19.9 Å². The second-order valence-corrected chi connectivity index (χ2v) is 6.57. The molecule has 0 saturated carbocycles. The van der Waals surface area contributed by atoms with Gasteiger partial charge < -0.3 is 9.84 Å². The highest BCUT2D eigenvalue weighted by atomic mass is 16.5. The third-order valence-electron chi connectivity index (χ3n) is 4.42. The van der Waals surface area contributed by atoms with Gasteiger partial charge in [0.25, 0.3) is 5.91 Å². The highest BCUT2D eigenvalue weighted by molar-refractivity contribution is 6.16. The summed E-state index contributed by atoms with van der Waals surface area (Å²) in [6.45, 7) is 5.91. The molecule has 6 nitrogen and oxygen atoms in total. The van der Waals surface area contributed by atoms with Crippen molar-refractivity contribution in [2.24, 2.45) is 5.92 Å². The summed E-state index contributed by atoms with van der Waals surface area (Å²) in [7, 11) is 0. The van der Waals surface area contributed by atoms with E-state index in [0.717, 1.165) is 0 Å². The zero-order valence-corrected chi connectivity index (χ0v) is 15.5. The molecule has 0 saturated heterocycles. The van der Waals surface area contributed by atoms with Gasteiger partial charge in [-0.25, -0.2) is 0 Å². The monoisotopic (exact) mass is 366 g/mol. The molecule has 2 aromatic rings. The van der Waals surface area contributed by atoms with Gasteiger partial charge in [-0.2, -0.15) is 0 Å². The predicted molar refractivity (Wildman–Crippen MR) is 102 cm³/mol. The first-order chi connectivity index (χ1) is 13.0. The molecule has 1 unspecified atom stereocenters. The number of rotatable bonds is 6. The van der Waals surface area contributed by atoms with Gasteiger partial charge in [0.15, 0.2) is 11.5 Å². The van der Waals surface area contributed by atoms with Crippen molar-refractivity contribution in [1.29, 1.82) is 0 Å². The molecular formula is C21H22N2O4. The largest absolute Gasteiger partial charge is 0.503 e. The van der Waals surface area contributed by atoms with Crippen LogP contribution in [0.1, 0.15) is 32.4 Å². The second kappa shape index (κ2) is 7.61. The van der Waals surface area contributed by atoms with Gasteiger partial charge in [-0.05, 0) is 42.8 Å². The van der Waals surface area contributed by atoms with Crippen LogP contribution in [0.15, 0.2) is 60.1 Å². The molecule has 0 radical (unpaired) electrons. The Hall–Kier alpha value is -3.15. The van der Waals surface area contributed by atoms with Crippen LogP contribution in [0.5, 0.6) is 5.75 Å². The minimum Gasteiger partial charge on any atom is -0.503 e. The molecule has 6 heteroatoms. The number of benzene rings is 1. The van der Waals surface area contributed by atoms with Crippen molar-refractivity contribution in [3.63, 3.8) is 0 Å². The highest BCUT2D eigenvalue weighted by Crippen LogP contribution is 2.41. The third kappa shape index (κ3) is 3.43. The van der Waals surface area contributed by atoms with Gasteiger partial charge in [-0.3, -0.25) is 19.5 Å². The average molecular weight is 366 g/mol. The van der Waals surface area contributed by atoms with Crippen molar-refractivity contribution < 1.29 is 19.4 Å². The molecule has 1 aliphatic rings. The van der Waals surface area contributed by atoms with E-state index in [1.54, 1.807) is 62.6 Å². The number of nitrogens with zero attached hydrogens (tertiary/aromatic N) is 2. The maximum Gasteiger partial charge on any atom is 0.294 e. The van der Waals surface area contributed by atoms with Gasteiger partial charge in [0, 0.05) is 24.0 Å². The predicted octanol–water partition coefficient (Wildman–Crippen LogP) is 3.61. The molecule has 1 aromatic heterocycles. The van der Waals surface area contributed by atoms with E-state index in [4.69, 9.17) is 4.74 Å². The van der Waals surface area contributed by atoms with Crippen LogP contribution in [-0.4, -0.2) is 28.4 Å². The number of pyridine rings is 1. The van der Waals surface area contributed by atoms with Crippen LogP contribution in [0.4, 0.5) is 5.69 Å². The van der Waals surface area contributed by atoms with Crippen LogP contribution in [-0.2, 0) is 9.59 Å². The van der Waals surface area contributed by atoms with Crippen LogP contribution in [0.3, 0.4) is 0 Å². The molecular weight excluding hydrogens is 344 g/mol. The minimum atomic E-state index is -0.723. The fraction of sp³-hybridized carbons (Fsp3) is 0.286. The van der Waals surface area contributed by atoms with Crippen molar-refractivity contribution >= 4 is 17.4 Å². The number of anilines is 1. The lowest BCUT2D eigenvalue weighted by Gasteiger charge is -2.27. The summed E-state index contributed by atoms with van der Waals surface area (Å²) in [4.78, 5) is 31.2. The maximum absolute atomic E-state index is 12.9. The standard InChI is InChI=1S/C21H22N2O4/c1-4-27-16-9-7-15(8-10-16)23-18(14-6-5-11-22-12-14)17(19(24)13(2)3)20(25)21(23)26/h5-13,18,25H,4H2,1-3H3. The van der Waals surface area contributed by atoms with Crippen molar-refractivity contribution in [1.82, 2.24) is 4.98 Å². The van der Waals surface area contributed by atoms with E-state index in [2.05, 4.69) is 4.98 Å². The highest BCUT2D eigenvalue weighted by Gasteiger charge is 2.44. The van der Waals surface area contributed by atoms with Crippen molar-refractivity contribution in [2.45, 2.75) is 26.8 Å². The first-order valence-corrected chi connectivity index (χ1v) is 8.89. The molecule has 0 fully saturated rings. The number of hydrogen-bond donors (Lipinski definition) is 1. The van der Waals surface area contributed by atoms with Crippen molar-refractivity contribution in [3.05, 3.63) is 65.7 Å². The van der Waals surface area contributed by atoms with Gasteiger partial charge in [-0.15, -0.1) is 0 Å². The van der Waals surface area contributed by atoms with E-state index in [1.165, 1.54) is 4.90 Å². The topological polar surface area (TPSA) is 79.7 Å². The van der Waals surface area contributed by atoms with Gasteiger partial charge in [0.1, 0.15) is 5.75 Å². The molecule has 0 aliphatic carbocycles. The summed E-state index contributed by atoms with van der Waals surface area (Å²) in [6, 6.07) is 9.79. The number of Topliss-reactive ketones (excluding diaryl/α,β-unsaturated/α-hetero) is 1. The smallest absolute Gasteiger partial charge is 0.294 e. The number of amides is 1. The zero-order chi connectivity index (χ0) is 19.6. The Morgan fingerprint density at radius 2 is 1.96 bits per heavy atom. The van der Waals surface area contributed by atoms with E-state index in [0.29, 0.717) is 23.6 Å². The van der Waals surface area contributed by atoms with E-state index in [-0.39, 0.29) is 17.3 Å². The Morgan fingerprint density at radius 3 is 2.52 bits per heavy atom. The molecule has 1 N–H and O–H groups in total. The Kier molecular flexibility index (Phi) is 5.26. The summed E-state index contributed by atoms with van der Waals surface area (Å²) in [5, 5.41) is 10.5. The molecule has 3 rings (SSSR count). The molecule has 27 heavy (non-hydrogen) atoms. The number of hydrogen-bond acceptors (Lipinski definition) is 5. The van der Waals surface area contributed by atoms with E-state index < -0.39 is 17.7 Å². The number of ether oxygens (including phenoxy) is 1. The lowest BCUT2D eigenvalue weighted by atomic mass is 9.92. The molecule has 1 amide bonds. The molecule has 1 atom stereocenters. The Balaban J connectivity index is 2.10. The summed E-state index contributed by atoms with van der Waals surface area (Å²) >= 11 is 0. The summed E-state index contributed by atoms with van der Waals surface area (Å²) < 4.78 is 5.45. The number of ketones is 1. The molecule has 1 aromatic carbocycles. The van der Waals surface area contributed by atoms with E-state index in [9.17, 15) is 14.7 Å². The van der Waals surface area contributed by atoms with Gasteiger partial charge in [0.05, 0.1) is 18.2 Å². The van der Waals surface area contributed by atoms with Gasteiger partial charge in [0.2, 0.25) is 0 Å². The molecule has 1 aliphatic heterocycles. The average Bonchev–Trinajstić information content (AvgIpc) is 2.94. The Morgan fingerprint density at radius 1 is 1.26 bits per heavy atom. The van der Waals surface area contributed by atoms with Crippen LogP contribution in [0.25, 0.3) is 0 Å². The Labute approximate surface area is 158 Å². The van der Waals surface area contributed by atoms with E-state index >= 15 is 0 Å². The third-order valence-corrected chi connectivity index (χ3v) is 4.42. The fourth-order valence-electron chi connectivity index (χ4n) is 3.16. The Bertz CT molecular complexity index is 873. The van der Waals surface area contributed by atoms with Crippen LogP contribution in [0.2, 0.25) is 0 Å². The molecule has 0 bridgehead atoms.